The van der Waals surface area contributed by atoms with E-state index in [1.54, 1.807) is 6.07 Å². The number of nitrogens with one attached hydrogen (secondary N) is 1. The van der Waals surface area contributed by atoms with Crippen molar-refractivity contribution in [1.29, 1.82) is 0 Å². The molecule has 0 spiro atoms. The molecule has 0 atom stereocenters. The standard InChI is InChI=1S/C18H23N3O3/c1-5-14-8-13(2)9-16(10-14)23-12-17(22)20-19-11-15-6-7-18(24-15)21(3)4/h6-11H,5,12H2,1-4H3,(H,20,22)/b19-11+. The van der Waals surface area contributed by atoms with Crippen LogP contribution in [0.5, 0.6) is 5.75 Å². The normalized spacial score (nSPS) is 10.8. The number of ether oxygens (including phenoxy) is 1. The third kappa shape index (κ3) is 5.15. The van der Waals surface area contributed by atoms with E-state index in [9.17, 15) is 4.79 Å². The predicted octanol–water partition coefficient (Wildman–Crippen LogP) is 2.75. The maximum atomic E-state index is 11.8. The lowest BCUT2D eigenvalue weighted by Crippen LogP contribution is -2.24. The molecule has 0 radical (unpaired) electrons. The van der Waals surface area contributed by atoms with Gasteiger partial charge in [0.25, 0.3) is 5.91 Å². The smallest absolute Gasteiger partial charge is 0.277 e. The molecule has 24 heavy (non-hydrogen) atoms. The van der Waals surface area contributed by atoms with Crippen LogP contribution in [0.4, 0.5) is 5.88 Å². The number of carbonyl (C=O) groups is 1. The highest BCUT2D eigenvalue weighted by Gasteiger charge is 2.04. The van der Waals surface area contributed by atoms with Gasteiger partial charge >= 0.3 is 0 Å². The van der Waals surface area contributed by atoms with Crippen molar-refractivity contribution >= 4 is 18.0 Å². The highest BCUT2D eigenvalue weighted by atomic mass is 16.5. The molecular weight excluding hydrogens is 306 g/mol. The second-order valence-corrected chi connectivity index (χ2v) is 5.66. The van der Waals surface area contributed by atoms with E-state index in [0.717, 1.165) is 17.9 Å². The predicted molar refractivity (Wildman–Crippen MR) is 94.8 cm³/mol. The molecule has 1 N–H and O–H groups in total. The average molecular weight is 329 g/mol. The lowest BCUT2D eigenvalue weighted by atomic mass is 10.1. The molecule has 1 amide bonds. The Labute approximate surface area is 142 Å². The number of nitrogens with zero attached hydrogens (tertiary/aromatic N) is 2. The van der Waals surface area contributed by atoms with Gasteiger partial charge in [0.05, 0.1) is 6.21 Å². The van der Waals surface area contributed by atoms with Gasteiger partial charge in [-0.1, -0.05) is 13.0 Å². The minimum Gasteiger partial charge on any atom is -0.484 e. The Balaban J connectivity index is 1.82. The molecule has 2 aromatic rings. The van der Waals surface area contributed by atoms with Crippen LogP contribution < -0.4 is 15.1 Å². The largest absolute Gasteiger partial charge is 0.484 e. The molecule has 128 valence electrons. The fraction of sp³-hybridized carbons (Fsp3) is 0.333. The van der Waals surface area contributed by atoms with Crippen molar-refractivity contribution in [3.05, 3.63) is 47.2 Å². The molecule has 1 aromatic heterocycles. The molecule has 6 heteroatoms. The highest BCUT2D eigenvalue weighted by molar-refractivity contribution is 5.81. The van der Waals surface area contributed by atoms with Gasteiger partial charge in [0.15, 0.2) is 12.5 Å². The Hall–Kier alpha value is -2.76. The highest BCUT2D eigenvalue weighted by Crippen LogP contribution is 2.17. The summed E-state index contributed by atoms with van der Waals surface area (Å²) in [6.07, 6.45) is 2.37. The second-order valence-electron chi connectivity index (χ2n) is 5.66. The molecule has 1 aromatic carbocycles. The summed E-state index contributed by atoms with van der Waals surface area (Å²) in [5.41, 5.74) is 4.70. The van der Waals surface area contributed by atoms with Crippen molar-refractivity contribution in [2.24, 2.45) is 5.10 Å². The zero-order valence-corrected chi connectivity index (χ0v) is 14.5. The number of hydrazone groups is 1. The number of carbonyl (C=O) groups excluding carboxylic acids is 1. The summed E-state index contributed by atoms with van der Waals surface area (Å²) < 4.78 is 11.0. The van der Waals surface area contributed by atoms with E-state index in [-0.39, 0.29) is 12.5 Å². The van der Waals surface area contributed by atoms with Crippen molar-refractivity contribution < 1.29 is 13.9 Å². The van der Waals surface area contributed by atoms with E-state index in [2.05, 4.69) is 23.5 Å². The fourth-order valence-corrected chi connectivity index (χ4v) is 2.11. The monoisotopic (exact) mass is 329 g/mol. The summed E-state index contributed by atoms with van der Waals surface area (Å²) in [4.78, 5) is 13.6. The van der Waals surface area contributed by atoms with E-state index < -0.39 is 0 Å². The summed E-state index contributed by atoms with van der Waals surface area (Å²) >= 11 is 0. The van der Waals surface area contributed by atoms with Gasteiger partial charge in [-0.25, -0.2) is 5.43 Å². The van der Waals surface area contributed by atoms with Crippen LogP contribution in [0.3, 0.4) is 0 Å². The number of rotatable bonds is 7. The number of hydrogen-bond acceptors (Lipinski definition) is 5. The Morgan fingerprint density at radius 2 is 2.12 bits per heavy atom. The first kappa shape index (κ1) is 17.6. The molecular formula is C18H23N3O3. The lowest BCUT2D eigenvalue weighted by Gasteiger charge is -2.08. The summed E-state index contributed by atoms with van der Waals surface area (Å²) in [7, 11) is 3.77. The molecule has 1 heterocycles. The lowest BCUT2D eigenvalue weighted by molar-refractivity contribution is -0.123. The van der Waals surface area contributed by atoms with E-state index in [1.807, 2.05) is 44.1 Å². The Kier molecular flexibility index (Phi) is 6.01. The number of benzene rings is 1. The Morgan fingerprint density at radius 1 is 1.33 bits per heavy atom. The number of hydrogen-bond donors (Lipinski definition) is 1. The molecule has 2 rings (SSSR count). The van der Waals surface area contributed by atoms with Crippen molar-refractivity contribution in [1.82, 2.24) is 5.43 Å². The van der Waals surface area contributed by atoms with Crippen LogP contribution >= 0.6 is 0 Å². The summed E-state index contributed by atoms with van der Waals surface area (Å²) in [6.45, 7) is 3.99. The van der Waals surface area contributed by atoms with E-state index in [4.69, 9.17) is 9.15 Å². The molecule has 0 fully saturated rings. The van der Waals surface area contributed by atoms with Crippen LogP contribution in [0.25, 0.3) is 0 Å². The number of amides is 1. The number of furan rings is 1. The van der Waals surface area contributed by atoms with Crippen molar-refractivity contribution in [2.45, 2.75) is 20.3 Å². The first-order valence-corrected chi connectivity index (χ1v) is 7.80. The van der Waals surface area contributed by atoms with Crippen molar-refractivity contribution in [3.63, 3.8) is 0 Å². The zero-order valence-electron chi connectivity index (χ0n) is 14.5. The molecule has 0 aliphatic heterocycles. The van der Waals surface area contributed by atoms with Gasteiger partial charge in [-0.15, -0.1) is 0 Å². The Bertz CT molecular complexity index is 720. The topological polar surface area (TPSA) is 67.1 Å². The molecule has 0 saturated heterocycles. The average Bonchev–Trinajstić information content (AvgIpc) is 3.01. The molecule has 0 bridgehead atoms. The van der Waals surface area contributed by atoms with E-state index >= 15 is 0 Å². The van der Waals surface area contributed by atoms with Gasteiger partial charge in [0.2, 0.25) is 0 Å². The first-order valence-electron chi connectivity index (χ1n) is 7.80. The minimum absolute atomic E-state index is 0.0922. The summed E-state index contributed by atoms with van der Waals surface area (Å²) in [5, 5.41) is 3.86. The van der Waals surface area contributed by atoms with Crippen LogP contribution in [-0.2, 0) is 11.2 Å². The van der Waals surface area contributed by atoms with Crippen LogP contribution in [0, 0.1) is 6.92 Å². The minimum atomic E-state index is -0.329. The van der Waals surface area contributed by atoms with Gasteiger partial charge in [0, 0.05) is 20.2 Å². The molecule has 0 unspecified atom stereocenters. The molecule has 0 saturated carbocycles. The third-order valence-electron chi connectivity index (χ3n) is 3.32. The van der Waals surface area contributed by atoms with Gasteiger partial charge in [-0.05, 0) is 42.7 Å². The van der Waals surface area contributed by atoms with Gasteiger partial charge < -0.3 is 14.1 Å². The van der Waals surface area contributed by atoms with Gasteiger partial charge in [-0.3, -0.25) is 4.79 Å². The third-order valence-corrected chi connectivity index (χ3v) is 3.32. The Morgan fingerprint density at radius 3 is 2.79 bits per heavy atom. The fourth-order valence-electron chi connectivity index (χ4n) is 2.11. The van der Waals surface area contributed by atoms with Crippen molar-refractivity contribution in [2.75, 3.05) is 25.6 Å². The quantitative estimate of drug-likeness (QED) is 0.626. The van der Waals surface area contributed by atoms with Crippen LogP contribution in [0.15, 0.2) is 39.9 Å². The maximum Gasteiger partial charge on any atom is 0.277 e. The van der Waals surface area contributed by atoms with Gasteiger partial charge in [-0.2, -0.15) is 5.10 Å². The first-order chi connectivity index (χ1) is 11.5. The second kappa shape index (κ2) is 8.19. The summed E-state index contributed by atoms with van der Waals surface area (Å²) in [6, 6.07) is 9.55. The maximum absolute atomic E-state index is 11.8. The van der Waals surface area contributed by atoms with E-state index in [1.165, 1.54) is 11.8 Å². The molecule has 0 aliphatic carbocycles. The number of aryl methyl sites for hydroxylation is 2. The molecule has 0 aliphatic rings. The molecule has 6 nitrogen and oxygen atoms in total. The van der Waals surface area contributed by atoms with Gasteiger partial charge in [0.1, 0.15) is 11.5 Å². The number of anilines is 1. The van der Waals surface area contributed by atoms with Crippen LogP contribution in [0.2, 0.25) is 0 Å². The SMILES string of the molecule is CCc1cc(C)cc(OCC(=O)N/N=C/c2ccc(N(C)C)o2)c1. The van der Waals surface area contributed by atoms with Crippen molar-refractivity contribution in [3.8, 4) is 5.75 Å². The van der Waals surface area contributed by atoms with E-state index in [0.29, 0.717) is 11.5 Å². The summed E-state index contributed by atoms with van der Waals surface area (Å²) in [5.74, 6) is 1.64. The zero-order chi connectivity index (χ0) is 17.5. The van der Waals surface area contributed by atoms with Crippen LogP contribution in [-0.4, -0.2) is 32.8 Å². The van der Waals surface area contributed by atoms with Crippen LogP contribution in [0.1, 0.15) is 23.8 Å².